The molecule has 0 aliphatic rings. The molecule has 0 aromatic carbocycles. The number of ether oxygens (including phenoxy) is 3. The molecule has 0 saturated carbocycles. The topological polar surface area (TPSA) is 78.9 Å². The number of hydrogen-bond acceptors (Lipinski definition) is 6. The zero-order valence-electron chi connectivity index (χ0n) is 46.1. The molecule has 1 unspecified atom stereocenters. The number of hydrogen-bond donors (Lipinski definition) is 0. The van der Waals surface area contributed by atoms with E-state index in [2.05, 4.69) is 69.4 Å². The maximum atomic E-state index is 12.9. The molecule has 0 aromatic heterocycles. The summed E-state index contributed by atoms with van der Waals surface area (Å²) < 4.78 is 16.9. The molecule has 69 heavy (non-hydrogen) atoms. The minimum atomic E-state index is -0.778. The first-order chi connectivity index (χ1) is 34.0. The van der Waals surface area contributed by atoms with Crippen LogP contribution in [0.25, 0.3) is 0 Å². The number of rotatable bonds is 55. The summed E-state index contributed by atoms with van der Waals surface area (Å²) in [5.41, 5.74) is 0. The standard InChI is InChI=1S/C63H114O6/c1-4-7-10-13-16-19-22-25-28-31-33-35-38-41-44-47-50-53-56-62(65)68-59-60(58-67-61(64)55-52-49-46-43-40-37-34-30-27-24-21-18-15-12-9-6-3)69-63(66)57-54-51-48-45-42-39-36-32-29-26-23-20-17-14-11-8-5-2/h8,11,17,20,26,28-29,31,60H,4-7,9-10,12-16,18-19,21-25,27,30,32-59H2,1-3H3/b11-8-,20-17-,29-26-,31-28-. The monoisotopic (exact) mass is 967 g/mol. The summed E-state index contributed by atoms with van der Waals surface area (Å²) in [6.07, 6.45) is 71.0. The van der Waals surface area contributed by atoms with Crippen molar-refractivity contribution in [2.24, 2.45) is 0 Å². The van der Waals surface area contributed by atoms with Crippen LogP contribution in [0.3, 0.4) is 0 Å². The van der Waals surface area contributed by atoms with Gasteiger partial charge in [-0.1, -0.05) is 268 Å². The molecule has 6 heteroatoms. The van der Waals surface area contributed by atoms with Crippen LogP contribution in [0.5, 0.6) is 0 Å². The first-order valence-corrected chi connectivity index (χ1v) is 30.1. The summed E-state index contributed by atoms with van der Waals surface area (Å²) in [5.74, 6) is -0.872. The van der Waals surface area contributed by atoms with E-state index in [0.29, 0.717) is 19.3 Å². The number of carbonyl (C=O) groups is 3. The fourth-order valence-corrected chi connectivity index (χ4v) is 8.81. The molecule has 0 aromatic rings. The quantitative estimate of drug-likeness (QED) is 0.0262. The Bertz CT molecular complexity index is 1200. The van der Waals surface area contributed by atoms with Crippen molar-refractivity contribution >= 4 is 17.9 Å². The van der Waals surface area contributed by atoms with Crippen LogP contribution in [0, 0.1) is 0 Å². The molecular formula is C63H114O6. The van der Waals surface area contributed by atoms with Crippen LogP contribution in [0.1, 0.15) is 316 Å². The first kappa shape index (κ1) is 66.4. The van der Waals surface area contributed by atoms with E-state index in [9.17, 15) is 14.4 Å². The van der Waals surface area contributed by atoms with Crippen LogP contribution in [0.15, 0.2) is 48.6 Å². The van der Waals surface area contributed by atoms with Gasteiger partial charge in [-0.25, -0.2) is 0 Å². The smallest absolute Gasteiger partial charge is 0.306 e. The molecule has 0 fully saturated rings. The van der Waals surface area contributed by atoms with Crippen molar-refractivity contribution in [3.63, 3.8) is 0 Å². The third-order valence-electron chi connectivity index (χ3n) is 13.3. The third-order valence-corrected chi connectivity index (χ3v) is 13.3. The Hall–Kier alpha value is -2.63. The van der Waals surface area contributed by atoms with E-state index in [1.807, 2.05) is 0 Å². The Morgan fingerprint density at radius 3 is 0.899 bits per heavy atom. The molecule has 0 aliphatic carbocycles. The number of unbranched alkanes of at least 4 members (excludes halogenated alkanes) is 36. The molecule has 0 amide bonds. The number of carbonyl (C=O) groups excluding carboxylic acids is 3. The van der Waals surface area contributed by atoms with E-state index in [1.165, 1.54) is 193 Å². The van der Waals surface area contributed by atoms with Crippen LogP contribution >= 0.6 is 0 Å². The SMILES string of the molecule is CC/C=C\C/C=C\C/C=C\CCCCCCCCCC(=O)OC(COC(=O)CCCCCCCCC/C=C\CCCCCCCCC)COC(=O)CCCCCCCCCCCCCCCCCC. The molecule has 402 valence electrons. The fraction of sp³-hybridized carbons (Fsp3) is 0.825. The number of allylic oxidation sites excluding steroid dienone is 8. The second kappa shape index (κ2) is 57.9. The Labute approximate surface area is 428 Å². The normalized spacial score (nSPS) is 12.3. The van der Waals surface area contributed by atoms with E-state index in [-0.39, 0.29) is 31.1 Å². The second-order valence-electron chi connectivity index (χ2n) is 20.2. The molecule has 0 rings (SSSR count). The van der Waals surface area contributed by atoms with Crippen molar-refractivity contribution in [1.29, 1.82) is 0 Å². The van der Waals surface area contributed by atoms with Crippen LogP contribution in [0.4, 0.5) is 0 Å². The first-order valence-electron chi connectivity index (χ1n) is 30.1. The lowest BCUT2D eigenvalue weighted by Gasteiger charge is -2.18. The van der Waals surface area contributed by atoms with Gasteiger partial charge in [-0.15, -0.1) is 0 Å². The molecule has 0 heterocycles. The van der Waals surface area contributed by atoms with Gasteiger partial charge in [0.05, 0.1) is 0 Å². The maximum absolute atomic E-state index is 12.9. The molecule has 0 N–H and O–H groups in total. The summed E-state index contributed by atoms with van der Waals surface area (Å²) in [6, 6.07) is 0. The van der Waals surface area contributed by atoms with E-state index in [0.717, 1.165) is 83.5 Å². The van der Waals surface area contributed by atoms with Crippen LogP contribution in [0.2, 0.25) is 0 Å². The lowest BCUT2D eigenvalue weighted by Crippen LogP contribution is -2.30. The van der Waals surface area contributed by atoms with Gasteiger partial charge in [-0.05, 0) is 77.0 Å². The molecule has 0 saturated heterocycles. The van der Waals surface area contributed by atoms with E-state index in [1.54, 1.807) is 0 Å². The van der Waals surface area contributed by atoms with Gasteiger partial charge in [-0.2, -0.15) is 0 Å². The summed E-state index contributed by atoms with van der Waals surface area (Å²) in [5, 5.41) is 0. The highest BCUT2D eigenvalue weighted by Gasteiger charge is 2.19. The molecule has 0 bridgehead atoms. The van der Waals surface area contributed by atoms with E-state index in [4.69, 9.17) is 14.2 Å². The Balaban J connectivity index is 4.36. The van der Waals surface area contributed by atoms with E-state index < -0.39 is 6.10 Å². The Morgan fingerprint density at radius 2 is 0.565 bits per heavy atom. The fourth-order valence-electron chi connectivity index (χ4n) is 8.81. The minimum Gasteiger partial charge on any atom is -0.462 e. The minimum absolute atomic E-state index is 0.0752. The highest BCUT2D eigenvalue weighted by Crippen LogP contribution is 2.17. The lowest BCUT2D eigenvalue weighted by molar-refractivity contribution is -0.167. The molecule has 1 atom stereocenters. The summed E-state index contributed by atoms with van der Waals surface area (Å²) in [4.78, 5) is 38.2. The predicted molar refractivity (Wildman–Crippen MR) is 298 cm³/mol. The third kappa shape index (κ3) is 56.2. The van der Waals surface area contributed by atoms with Gasteiger partial charge in [0.15, 0.2) is 6.10 Å². The highest BCUT2D eigenvalue weighted by molar-refractivity contribution is 5.71. The average molecular weight is 968 g/mol. The van der Waals surface area contributed by atoms with Crippen molar-refractivity contribution in [1.82, 2.24) is 0 Å². The molecular weight excluding hydrogens is 853 g/mol. The Morgan fingerprint density at radius 1 is 0.304 bits per heavy atom. The summed E-state index contributed by atoms with van der Waals surface area (Å²) >= 11 is 0. The van der Waals surface area contributed by atoms with Crippen molar-refractivity contribution in [2.75, 3.05) is 13.2 Å². The van der Waals surface area contributed by atoms with Gasteiger partial charge in [0.2, 0.25) is 0 Å². The largest absolute Gasteiger partial charge is 0.462 e. The van der Waals surface area contributed by atoms with Crippen molar-refractivity contribution in [2.45, 2.75) is 322 Å². The van der Waals surface area contributed by atoms with Gasteiger partial charge < -0.3 is 14.2 Å². The lowest BCUT2D eigenvalue weighted by atomic mass is 10.0. The van der Waals surface area contributed by atoms with Gasteiger partial charge in [0.1, 0.15) is 13.2 Å². The zero-order chi connectivity index (χ0) is 50.0. The van der Waals surface area contributed by atoms with Gasteiger partial charge in [0.25, 0.3) is 0 Å². The summed E-state index contributed by atoms with van der Waals surface area (Å²) in [6.45, 7) is 6.56. The average Bonchev–Trinajstić information content (AvgIpc) is 3.35. The second-order valence-corrected chi connectivity index (χ2v) is 20.2. The predicted octanol–water partition coefficient (Wildman–Crippen LogP) is 20.2. The van der Waals surface area contributed by atoms with Crippen molar-refractivity contribution < 1.29 is 28.6 Å². The van der Waals surface area contributed by atoms with Crippen molar-refractivity contribution in [3.05, 3.63) is 48.6 Å². The molecule has 6 nitrogen and oxygen atoms in total. The number of esters is 3. The van der Waals surface area contributed by atoms with Crippen LogP contribution in [-0.2, 0) is 28.6 Å². The van der Waals surface area contributed by atoms with Gasteiger partial charge in [0, 0.05) is 19.3 Å². The van der Waals surface area contributed by atoms with Crippen LogP contribution in [-0.4, -0.2) is 37.2 Å². The molecule has 0 radical (unpaired) electrons. The Kier molecular flexibility index (Phi) is 55.7. The van der Waals surface area contributed by atoms with Gasteiger partial charge in [-0.3, -0.25) is 14.4 Å². The molecule has 0 spiro atoms. The van der Waals surface area contributed by atoms with Crippen molar-refractivity contribution in [3.8, 4) is 0 Å². The molecule has 0 aliphatic heterocycles. The summed E-state index contributed by atoms with van der Waals surface area (Å²) in [7, 11) is 0. The zero-order valence-corrected chi connectivity index (χ0v) is 46.1. The van der Waals surface area contributed by atoms with Gasteiger partial charge >= 0.3 is 17.9 Å². The van der Waals surface area contributed by atoms with Crippen LogP contribution < -0.4 is 0 Å². The highest BCUT2D eigenvalue weighted by atomic mass is 16.6. The maximum Gasteiger partial charge on any atom is 0.306 e. The van der Waals surface area contributed by atoms with E-state index >= 15 is 0 Å².